The van der Waals surface area contributed by atoms with Gasteiger partial charge in [-0.15, -0.1) is 0 Å². The minimum Gasteiger partial charge on any atom is -0.489 e. The van der Waals surface area contributed by atoms with Crippen LogP contribution >= 0.6 is 0 Å². The van der Waals surface area contributed by atoms with Gasteiger partial charge in [0.2, 0.25) is 0 Å². The number of carbonyl (C=O) groups excluding carboxylic acids is 1. The van der Waals surface area contributed by atoms with E-state index < -0.39 is 0 Å². The highest BCUT2D eigenvalue weighted by molar-refractivity contribution is 6.32. The van der Waals surface area contributed by atoms with E-state index in [0.29, 0.717) is 17.9 Å². The van der Waals surface area contributed by atoms with Gasteiger partial charge in [0, 0.05) is 0 Å². The van der Waals surface area contributed by atoms with Crippen molar-refractivity contribution < 1.29 is 9.53 Å². The SMILES string of the molecule is CC1=NN(c2ccc(C)cc2)C(=O)C1=Cc1ccc(OCc2ccccc2)cc1. The summed E-state index contributed by atoms with van der Waals surface area (Å²) in [5.41, 5.74) is 5.28. The van der Waals surface area contributed by atoms with Crippen molar-refractivity contribution in [1.82, 2.24) is 0 Å². The number of anilines is 1. The number of ether oxygens (including phenoxy) is 1. The molecule has 4 heteroatoms. The molecule has 0 fully saturated rings. The normalized spacial score (nSPS) is 15.0. The van der Waals surface area contributed by atoms with E-state index in [1.54, 1.807) is 0 Å². The summed E-state index contributed by atoms with van der Waals surface area (Å²) >= 11 is 0. The highest BCUT2D eigenvalue weighted by Crippen LogP contribution is 2.25. The van der Waals surface area contributed by atoms with Gasteiger partial charge in [0.1, 0.15) is 12.4 Å². The zero-order valence-corrected chi connectivity index (χ0v) is 16.5. The van der Waals surface area contributed by atoms with Gasteiger partial charge in [-0.3, -0.25) is 4.79 Å². The van der Waals surface area contributed by atoms with Crippen molar-refractivity contribution in [2.24, 2.45) is 5.10 Å². The first-order valence-corrected chi connectivity index (χ1v) is 9.55. The predicted molar refractivity (Wildman–Crippen MR) is 117 cm³/mol. The maximum atomic E-state index is 12.9. The molecule has 0 radical (unpaired) electrons. The van der Waals surface area contributed by atoms with Gasteiger partial charge in [-0.1, -0.05) is 60.2 Å². The number of amides is 1. The zero-order chi connectivity index (χ0) is 20.2. The Morgan fingerprint density at radius 1 is 0.897 bits per heavy atom. The number of nitrogens with zero attached hydrogens (tertiary/aromatic N) is 2. The first-order chi connectivity index (χ1) is 14.1. The number of aryl methyl sites for hydroxylation is 1. The lowest BCUT2D eigenvalue weighted by Gasteiger charge is -2.11. The third-order valence-corrected chi connectivity index (χ3v) is 4.78. The van der Waals surface area contributed by atoms with Crippen LogP contribution in [0.2, 0.25) is 0 Å². The molecule has 1 aliphatic rings. The van der Waals surface area contributed by atoms with E-state index >= 15 is 0 Å². The molecule has 4 nitrogen and oxygen atoms in total. The molecule has 1 aliphatic heterocycles. The average Bonchev–Trinajstić information content (AvgIpc) is 3.03. The van der Waals surface area contributed by atoms with Gasteiger partial charge in [-0.2, -0.15) is 10.1 Å². The second-order valence-corrected chi connectivity index (χ2v) is 7.04. The lowest BCUT2D eigenvalue weighted by Crippen LogP contribution is -2.21. The zero-order valence-electron chi connectivity index (χ0n) is 16.5. The molecule has 0 atom stereocenters. The molecule has 3 aromatic rings. The van der Waals surface area contributed by atoms with Gasteiger partial charge in [-0.05, 0) is 55.3 Å². The predicted octanol–water partition coefficient (Wildman–Crippen LogP) is 5.38. The number of hydrogen-bond donors (Lipinski definition) is 0. The molecule has 3 aromatic carbocycles. The van der Waals surface area contributed by atoms with Crippen molar-refractivity contribution in [1.29, 1.82) is 0 Å². The van der Waals surface area contributed by atoms with Crippen LogP contribution in [0.3, 0.4) is 0 Å². The number of hydrazone groups is 1. The standard InChI is InChI=1S/C25H22N2O2/c1-18-8-12-22(13-9-18)27-25(28)24(19(2)26-27)16-20-10-14-23(15-11-20)29-17-21-6-4-3-5-7-21/h3-16H,17H2,1-2H3. The second kappa shape index (κ2) is 8.15. The Balaban J connectivity index is 1.47. The van der Waals surface area contributed by atoms with E-state index in [1.807, 2.05) is 98.8 Å². The molecule has 29 heavy (non-hydrogen) atoms. The maximum Gasteiger partial charge on any atom is 0.280 e. The summed E-state index contributed by atoms with van der Waals surface area (Å²) in [6.45, 7) is 4.40. The van der Waals surface area contributed by atoms with Gasteiger partial charge in [-0.25, -0.2) is 0 Å². The van der Waals surface area contributed by atoms with Crippen molar-refractivity contribution in [3.8, 4) is 5.75 Å². The molecule has 1 amide bonds. The van der Waals surface area contributed by atoms with Crippen molar-refractivity contribution in [3.63, 3.8) is 0 Å². The maximum absolute atomic E-state index is 12.9. The topological polar surface area (TPSA) is 41.9 Å². The first kappa shape index (κ1) is 18.7. The average molecular weight is 382 g/mol. The van der Waals surface area contributed by atoms with Gasteiger partial charge in [0.05, 0.1) is 17.0 Å². The van der Waals surface area contributed by atoms with Crippen LogP contribution in [0.15, 0.2) is 89.5 Å². The van der Waals surface area contributed by atoms with Crippen LogP contribution in [0.4, 0.5) is 5.69 Å². The molecule has 0 unspecified atom stereocenters. The Kier molecular flexibility index (Phi) is 5.25. The number of benzene rings is 3. The van der Waals surface area contributed by atoms with Crippen LogP contribution in [0.5, 0.6) is 5.75 Å². The van der Waals surface area contributed by atoms with Crippen molar-refractivity contribution in [2.45, 2.75) is 20.5 Å². The Bertz CT molecular complexity index is 1070. The van der Waals surface area contributed by atoms with Crippen LogP contribution in [0, 0.1) is 6.92 Å². The molecule has 0 aromatic heterocycles. The first-order valence-electron chi connectivity index (χ1n) is 9.55. The summed E-state index contributed by atoms with van der Waals surface area (Å²) in [6, 6.07) is 25.5. The van der Waals surface area contributed by atoms with E-state index in [2.05, 4.69) is 5.10 Å². The summed E-state index contributed by atoms with van der Waals surface area (Å²) in [5.74, 6) is 0.677. The van der Waals surface area contributed by atoms with Gasteiger partial charge >= 0.3 is 0 Å². The lowest BCUT2D eigenvalue weighted by atomic mass is 10.1. The summed E-state index contributed by atoms with van der Waals surface area (Å²) < 4.78 is 5.82. The van der Waals surface area contributed by atoms with E-state index in [4.69, 9.17) is 4.74 Å². The summed E-state index contributed by atoms with van der Waals surface area (Å²) in [5, 5.41) is 5.89. The fraction of sp³-hybridized carbons (Fsp3) is 0.120. The summed E-state index contributed by atoms with van der Waals surface area (Å²) in [4.78, 5) is 12.9. The summed E-state index contributed by atoms with van der Waals surface area (Å²) in [7, 11) is 0. The second-order valence-electron chi connectivity index (χ2n) is 7.04. The molecular weight excluding hydrogens is 360 g/mol. The van der Waals surface area contributed by atoms with Crippen LogP contribution in [0.1, 0.15) is 23.6 Å². The molecule has 4 rings (SSSR count). The van der Waals surface area contributed by atoms with Gasteiger partial charge in [0.25, 0.3) is 5.91 Å². The molecule has 0 bridgehead atoms. The van der Waals surface area contributed by atoms with Crippen molar-refractivity contribution >= 4 is 23.4 Å². The Morgan fingerprint density at radius 2 is 1.59 bits per heavy atom. The Hall–Kier alpha value is -3.66. The molecule has 144 valence electrons. The Labute approximate surface area is 170 Å². The van der Waals surface area contributed by atoms with E-state index in [0.717, 1.165) is 28.1 Å². The number of rotatable bonds is 5. The highest BCUT2D eigenvalue weighted by Gasteiger charge is 2.28. The molecule has 0 N–H and O–H groups in total. The van der Waals surface area contributed by atoms with Crippen LogP contribution in [0.25, 0.3) is 6.08 Å². The number of carbonyl (C=O) groups is 1. The van der Waals surface area contributed by atoms with E-state index in [-0.39, 0.29) is 5.91 Å². The van der Waals surface area contributed by atoms with Crippen LogP contribution < -0.4 is 9.75 Å². The van der Waals surface area contributed by atoms with E-state index in [1.165, 1.54) is 5.01 Å². The van der Waals surface area contributed by atoms with Gasteiger partial charge < -0.3 is 4.74 Å². The Morgan fingerprint density at radius 3 is 2.28 bits per heavy atom. The van der Waals surface area contributed by atoms with Gasteiger partial charge in [0.15, 0.2) is 0 Å². The van der Waals surface area contributed by atoms with E-state index in [9.17, 15) is 4.79 Å². The molecule has 0 saturated heterocycles. The minimum atomic E-state index is -0.115. The smallest absolute Gasteiger partial charge is 0.280 e. The molecule has 1 heterocycles. The molecule has 0 saturated carbocycles. The molecule has 0 aliphatic carbocycles. The monoisotopic (exact) mass is 382 g/mol. The largest absolute Gasteiger partial charge is 0.489 e. The lowest BCUT2D eigenvalue weighted by molar-refractivity contribution is -0.114. The molecular formula is C25H22N2O2. The third-order valence-electron chi connectivity index (χ3n) is 4.78. The fourth-order valence-electron chi connectivity index (χ4n) is 3.11. The summed E-state index contributed by atoms with van der Waals surface area (Å²) in [6.07, 6.45) is 1.87. The minimum absolute atomic E-state index is 0.115. The van der Waals surface area contributed by atoms with Crippen molar-refractivity contribution in [3.05, 3.63) is 101 Å². The third kappa shape index (κ3) is 4.27. The van der Waals surface area contributed by atoms with Crippen LogP contribution in [-0.2, 0) is 11.4 Å². The van der Waals surface area contributed by atoms with Crippen LogP contribution in [-0.4, -0.2) is 11.6 Å². The van der Waals surface area contributed by atoms with Crippen molar-refractivity contribution in [2.75, 3.05) is 5.01 Å². The number of hydrogen-bond acceptors (Lipinski definition) is 3. The fourth-order valence-corrected chi connectivity index (χ4v) is 3.11. The molecule has 0 spiro atoms. The quantitative estimate of drug-likeness (QED) is 0.556. The highest BCUT2D eigenvalue weighted by atomic mass is 16.5.